The third-order valence-electron chi connectivity index (χ3n) is 2.97. The summed E-state index contributed by atoms with van der Waals surface area (Å²) >= 11 is 1.35. The van der Waals surface area contributed by atoms with Gasteiger partial charge in [0.05, 0.1) is 10.4 Å². The van der Waals surface area contributed by atoms with Crippen molar-refractivity contribution >= 4 is 21.7 Å². The molecule has 0 unspecified atom stereocenters. The number of hydrogen-bond donors (Lipinski definition) is 0. The first-order chi connectivity index (χ1) is 8.66. The normalized spacial score (nSPS) is 12.7. The molecule has 100 valence electrons. The van der Waals surface area contributed by atoms with Crippen molar-refractivity contribution in [3.63, 3.8) is 0 Å². The van der Waals surface area contributed by atoms with Crippen LogP contribution < -0.4 is 0 Å². The van der Waals surface area contributed by atoms with E-state index in [1.165, 1.54) is 11.5 Å². The Balaban J connectivity index is 2.95. The molecule has 0 aromatic carbocycles. The summed E-state index contributed by atoms with van der Waals surface area (Å²) in [6, 6.07) is 2.24. The van der Waals surface area contributed by atoms with E-state index in [-0.39, 0.29) is 10.8 Å². The SMILES string of the molecule is CC(C)(C)c1nc(C#N)c(C(C)(C)C)c2snnc12. The van der Waals surface area contributed by atoms with Crippen LogP contribution in [0.5, 0.6) is 0 Å². The second-order valence-corrected chi connectivity index (χ2v) is 7.50. The fraction of sp³-hybridized carbons (Fsp3) is 0.571. The van der Waals surface area contributed by atoms with Crippen LogP contribution in [0.3, 0.4) is 0 Å². The van der Waals surface area contributed by atoms with Crippen molar-refractivity contribution in [3.05, 3.63) is 17.0 Å². The first-order valence-electron chi connectivity index (χ1n) is 6.23. The molecule has 2 heterocycles. The van der Waals surface area contributed by atoms with E-state index in [0.717, 1.165) is 21.5 Å². The third kappa shape index (κ3) is 2.33. The van der Waals surface area contributed by atoms with E-state index >= 15 is 0 Å². The van der Waals surface area contributed by atoms with E-state index in [0.29, 0.717) is 5.69 Å². The van der Waals surface area contributed by atoms with Crippen LogP contribution in [0.1, 0.15) is 58.5 Å². The highest BCUT2D eigenvalue weighted by molar-refractivity contribution is 7.13. The molecule has 0 aliphatic carbocycles. The highest BCUT2D eigenvalue weighted by Crippen LogP contribution is 2.37. The number of rotatable bonds is 0. The minimum Gasteiger partial charge on any atom is -0.239 e. The van der Waals surface area contributed by atoms with Gasteiger partial charge in [0.25, 0.3) is 0 Å². The van der Waals surface area contributed by atoms with Crippen LogP contribution in [0.15, 0.2) is 0 Å². The molecule has 0 radical (unpaired) electrons. The number of aromatic nitrogens is 3. The maximum Gasteiger partial charge on any atom is 0.146 e. The molecule has 0 amide bonds. The molecule has 0 saturated heterocycles. The zero-order valence-corrected chi connectivity index (χ0v) is 13.0. The molecular weight excluding hydrogens is 256 g/mol. The first-order valence-corrected chi connectivity index (χ1v) is 7.00. The molecule has 19 heavy (non-hydrogen) atoms. The molecule has 2 rings (SSSR count). The molecule has 0 bridgehead atoms. The second kappa shape index (κ2) is 4.24. The van der Waals surface area contributed by atoms with Gasteiger partial charge in [-0.2, -0.15) is 5.26 Å². The summed E-state index contributed by atoms with van der Waals surface area (Å²) in [5.41, 5.74) is 2.82. The molecule has 0 saturated carbocycles. The van der Waals surface area contributed by atoms with Gasteiger partial charge in [0.2, 0.25) is 0 Å². The lowest BCUT2D eigenvalue weighted by atomic mass is 9.83. The lowest BCUT2D eigenvalue weighted by Gasteiger charge is -2.24. The van der Waals surface area contributed by atoms with Gasteiger partial charge in [0.1, 0.15) is 17.3 Å². The van der Waals surface area contributed by atoms with Crippen LogP contribution in [0.2, 0.25) is 0 Å². The third-order valence-corrected chi connectivity index (χ3v) is 3.71. The van der Waals surface area contributed by atoms with Gasteiger partial charge in [-0.05, 0) is 16.9 Å². The molecule has 0 fully saturated rings. The van der Waals surface area contributed by atoms with Gasteiger partial charge >= 0.3 is 0 Å². The monoisotopic (exact) mass is 274 g/mol. The van der Waals surface area contributed by atoms with Gasteiger partial charge in [-0.1, -0.05) is 46.0 Å². The van der Waals surface area contributed by atoms with E-state index in [1.54, 1.807) is 0 Å². The summed E-state index contributed by atoms with van der Waals surface area (Å²) in [5.74, 6) is 0. The molecule has 0 aliphatic rings. The topological polar surface area (TPSA) is 62.5 Å². The summed E-state index contributed by atoms with van der Waals surface area (Å²) in [4.78, 5) is 4.57. The van der Waals surface area contributed by atoms with E-state index < -0.39 is 0 Å². The Morgan fingerprint density at radius 1 is 1.05 bits per heavy atom. The van der Waals surface area contributed by atoms with Crippen molar-refractivity contribution in [2.45, 2.75) is 52.4 Å². The Labute approximate surface area is 117 Å². The van der Waals surface area contributed by atoms with E-state index in [2.05, 4.69) is 62.2 Å². The minimum absolute atomic E-state index is 0.152. The van der Waals surface area contributed by atoms with Gasteiger partial charge in [-0.25, -0.2) is 4.98 Å². The average Bonchev–Trinajstić information content (AvgIpc) is 2.71. The molecule has 2 aromatic rings. The summed E-state index contributed by atoms with van der Waals surface area (Å²) in [6.07, 6.45) is 0. The molecule has 2 aromatic heterocycles. The predicted octanol–water partition coefficient (Wildman–Crippen LogP) is 3.55. The Kier molecular flexibility index (Phi) is 3.10. The van der Waals surface area contributed by atoms with Gasteiger partial charge in [-0.3, -0.25) is 0 Å². The summed E-state index contributed by atoms with van der Waals surface area (Å²) in [7, 11) is 0. The Morgan fingerprint density at radius 2 is 1.68 bits per heavy atom. The lowest BCUT2D eigenvalue weighted by molar-refractivity contribution is 0.563. The zero-order chi connectivity index (χ0) is 14.4. The Morgan fingerprint density at radius 3 is 2.16 bits per heavy atom. The second-order valence-electron chi connectivity index (χ2n) is 6.75. The van der Waals surface area contributed by atoms with Gasteiger partial charge in [0, 0.05) is 11.0 Å². The average molecular weight is 274 g/mol. The van der Waals surface area contributed by atoms with Crippen molar-refractivity contribution in [1.29, 1.82) is 5.26 Å². The number of pyridine rings is 1. The highest BCUT2D eigenvalue weighted by atomic mass is 32.1. The molecule has 0 aliphatic heterocycles. The van der Waals surface area contributed by atoms with Gasteiger partial charge in [0.15, 0.2) is 0 Å². The summed E-state index contributed by atoms with van der Waals surface area (Å²) in [6.45, 7) is 12.5. The molecule has 0 N–H and O–H groups in total. The van der Waals surface area contributed by atoms with Crippen molar-refractivity contribution in [2.75, 3.05) is 0 Å². The maximum atomic E-state index is 9.42. The van der Waals surface area contributed by atoms with Gasteiger partial charge < -0.3 is 0 Å². The van der Waals surface area contributed by atoms with E-state index in [9.17, 15) is 5.26 Å². The Hall–Kier alpha value is -1.54. The van der Waals surface area contributed by atoms with Crippen molar-refractivity contribution < 1.29 is 0 Å². The smallest absolute Gasteiger partial charge is 0.146 e. The summed E-state index contributed by atoms with van der Waals surface area (Å²) in [5, 5.41) is 13.7. The van der Waals surface area contributed by atoms with Crippen molar-refractivity contribution in [2.24, 2.45) is 0 Å². The predicted molar refractivity (Wildman–Crippen MR) is 77.3 cm³/mol. The van der Waals surface area contributed by atoms with Crippen molar-refractivity contribution in [1.82, 2.24) is 14.6 Å². The number of nitriles is 1. The van der Waals surface area contributed by atoms with Crippen LogP contribution in [0.25, 0.3) is 10.2 Å². The quantitative estimate of drug-likeness (QED) is 0.737. The number of nitrogens with zero attached hydrogens (tertiary/aromatic N) is 4. The highest BCUT2D eigenvalue weighted by Gasteiger charge is 2.29. The largest absolute Gasteiger partial charge is 0.239 e. The fourth-order valence-corrected chi connectivity index (χ4v) is 3.06. The first kappa shape index (κ1) is 13.9. The molecule has 5 heteroatoms. The van der Waals surface area contributed by atoms with Crippen molar-refractivity contribution in [3.8, 4) is 6.07 Å². The van der Waals surface area contributed by atoms with E-state index in [4.69, 9.17) is 0 Å². The standard InChI is InChI=1S/C14H18N4S/c1-13(2,3)9-8(7-15)16-12(14(4,5)6)10-11(9)19-18-17-10/h1-6H3. The molecule has 0 spiro atoms. The summed E-state index contributed by atoms with van der Waals surface area (Å²) < 4.78 is 5.06. The molecular formula is C14H18N4S. The molecule has 4 nitrogen and oxygen atoms in total. The fourth-order valence-electron chi connectivity index (χ4n) is 2.14. The van der Waals surface area contributed by atoms with Crippen LogP contribution in [-0.4, -0.2) is 14.6 Å². The van der Waals surface area contributed by atoms with Crippen LogP contribution >= 0.6 is 11.5 Å². The van der Waals surface area contributed by atoms with Crippen LogP contribution in [0.4, 0.5) is 0 Å². The lowest BCUT2D eigenvalue weighted by Crippen LogP contribution is -2.20. The molecule has 0 atom stereocenters. The Bertz CT molecular complexity index is 666. The van der Waals surface area contributed by atoms with Gasteiger partial charge in [-0.15, -0.1) is 5.10 Å². The van der Waals surface area contributed by atoms with E-state index in [1.807, 2.05) is 0 Å². The minimum atomic E-state index is -0.157. The van der Waals surface area contributed by atoms with Crippen LogP contribution in [0, 0.1) is 11.3 Å². The zero-order valence-electron chi connectivity index (χ0n) is 12.2. The maximum absolute atomic E-state index is 9.42. The number of hydrogen-bond acceptors (Lipinski definition) is 5. The number of fused-ring (bicyclic) bond motifs is 1. The van der Waals surface area contributed by atoms with Crippen LogP contribution in [-0.2, 0) is 10.8 Å².